The maximum atomic E-state index is 11.8. The average Bonchev–Trinajstić information content (AvgIpc) is 3.08. The largest absolute Gasteiger partial charge is 0.493 e. The topological polar surface area (TPSA) is 69.9 Å². The lowest BCUT2D eigenvalue weighted by Gasteiger charge is -2.14. The molecule has 0 fully saturated rings. The summed E-state index contributed by atoms with van der Waals surface area (Å²) < 4.78 is 21.1. The van der Waals surface area contributed by atoms with Gasteiger partial charge in [0.2, 0.25) is 0 Å². The summed E-state index contributed by atoms with van der Waals surface area (Å²) in [5, 5.41) is 2.74. The Morgan fingerprint density at radius 1 is 1.18 bits per heavy atom. The Bertz CT molecular complexity index is 582. The zero-order valence-corrected chi connectivity index (χ0v) is 12.6. The summed E-state index contributed by atoms with van der Waals surface area (Å²) in [7, 11) is 3.11. The van der Waals surface area contributed by atoms with E-state index in [4.69, 9.17) is 18.6 Å². The molecule has 1 N–H and O–H groups in total. The average molecular weight is 305 g/mol. The molecule has 1 unspecified atom stereocenters. The Kier molecular flexibility index (Phi) is 5.85. The summed E-state index contributed by atoms with van der Waals surface area (Å²) in [6.45, 7) is 0.201. The number of benzene rings is 1. The van der Waals surface area contributed by atoms with Crippen molar-refractivity contribution in [3.05, 3.63) is 48.4 Å². The molecule has 1 aromatic heterocycles. The van der Waals surface area contributed by atoms with E-state index < -0.39 is 0 Å². The van der Waals surface area contributed by atoms with Crippen molar-refractivity contribution in [1.82, 2.24) is 5.32 Å². The van der Waals surface area contributed by atoms with Gasteiger partial charge in [0.1, 0.15) is 11.9 Å². The second kappa shape index (κ2) is 8.09. The SMILES string of the molecule is COc1ccccc1OCC(=O)NCC(OC)c1ccco1. The number of methoxy groups -OCH3 is 2. The highest BCUT2D eigenvalue weighted by Crippen LogP contribution is 2.25. The van der Waals surface area contributed by atoms with Gasteiger partial charge in [0.05, 0.1) is 19.9 Å². The van der Waals surface area contributed by atoms with Crippen LogP contribution >= 0.6 is 0 Å². The second-order valence-corrected chi connectivity index (χ2v) is 4.48. The van der Waals surface area contributed by atoms with E-state index in [1.54, 1.807) is 44.7 Å². The lowest BCUT2D eigenvalue weighted by atomic mass is 10.2. The Morgan fingerprint density at radius 2 is 1.95 bits per heavy atom. The van der Waals surface area contributed by atoms with Crippen molar-refractivity contribution in [3.8, 4) is 11.5 Å². The van der Waals surface area contributed by atoms with Crippen LogP contribution in [0.1, 0.15) is 11.9 Å². The first-order valence-corrected chi connectivity index (χ1v) is 6.83. The Balaban J connectivity index is 1.80. The van der Waals surface area contributed by atoms with E-state index in [1.807, 2.05) is 12.1 Å². The van der Waals surface area contributed by atoms with Crippen LogP contribution < -0.4 is 14.8 Å². The highest BCUT2D eigenvalue weighted by atomic mass is 16.5. The van der Waals surface area contributed by atoms with Crippen molar-refractivity contribution in [2.24, 2.45) is 0 Å². The van der Waals surface area contributed by atoms with Gasteiger partial charge in [0.25, 0.3) is 5.91 Å². The zero-order valence-electron chi connectivity index (χ0n) is 12.6. The number of hydrogen-bond acceptors (Lipinski definition) is 5. The fourth-order valence-corrected chi connectivity index (χ4v) is 1.91. The molecular weight excluding hydrogens is 286 g/mol. The van der Waals surface area contributed by atoms with E-state index in [0.717, 1.165) is 0 Å². The molecule has 2 aromatic rings. The van der Waals surface area contributed by atoms with Crippen LogP contribution in [-0.2, 0) is 9.53 Å². The summed E-state index contributed by atoms with van der Waals surface area (Å²) in [5.74, 6) is 1.52. The molecule has 1 heterocycles. The van der Waals surface area contributed by atoms with E-state index in [9.17, 15) is 4.79 Å². The predicted molar refractivity (Wildman–Crippen MR) is 80.0 cm³/mol. The molecule has 0 aliphatic rings. The number of nitrogens with one attached hydrogen (secondary N) is 1. The van der Waals surface area contributed by atoms with Crippen LogP contribution in [0.4, 0.5) is 0 Å². The van der Waals surface area contributed by atoms with Crippen LogP contribution in [0.2, 0.25) is 0 Å². The van der Waals surface area contributed by atoms with Gasteiger partial charge in [-0.15, -0.1) is 0 Å². The number of rotatable bonds is 8. The number of furan rings is 1. The van der Waals surface area contributed by atoms with Crippen LogP contribution in [0, 0.1) is 0 Å². The highest BCUT2D eigenvalue weighted by Gasteiger charge is 2.15. The third-order valence-electron chi connectivity index (χ3n) is 3.06. The van der Waals surface area contributed by atoms with E-state index in [0.29, 0.717) is 23.8 Å². The van der Waals surface area contributed by atoms with E-state index in [2.05, 4.69) is 5.32 Å². The quantitative estimate of drug-likeness (QED) is 0.809. The van der Waals surface area contributed by atoms with Crippen molar-refractivity contribution in [3.63, 3.8) is 0 Å². The smallest absolute Gasteiger partial charge is 0.258 e. The molecule has 6 nitrogen and oxygen atoms in total. The maximum absolute atomic E-state index is 11.8. The summed E-state index contributed by atoms with van der Waals surface area (Å²) >= 11 is 0. The molecule has 6 heteroatoms. The third kappa shape index (κ3) is 4.26. The Hall–Kier alpha value is -2.47. The first-order valence-electron chi connectivity index (χ1n) is 6.83. The normalized spacial score (nSPS) is 11.7. The summed E-state index contributed by atoms with van der Waals surface area (Å²) in [4.78, 5) is 11.8. The van der Waals surface area contributed by atoms with Gasteiger partial charge in [-0.25, -0.2) is 0 Å². The van der Waals surface area contributed by atoms with Crippen molar-refractivity contribution < 1.29 is 23.4 Å². The molecule has 22 heavy (non-hydrogen) atoms. The van der Waals surface area contributed by atoms with Crippen LogP contribution in [-0.4, -0.2) is 33.3 Å². The maximum Gasteiger partial charge on any atom is 0.258 e. The van der Waals surface area contributed by atoms with Crippen LogP contribution in [0.15, 0.2) is 47.1 Å². The van der Waals surface area contributed by atoms with Crippen LogP contribution in [0.5, 0.6) is 11.5 Å². The molecule has 1 atom stereocenters. The molecule has 0 saturated heterocycles. The molecule has 1 aromatic carbocycles. The van der Waals surface area contributed by atoms with Crippen molar-refractivity contribution in [1.29, 1.82) is 0 Å². The van der Waals surface area contributed by atoms with Crippen molar-refractivity contribution in [2.75, 3.05) is 27.4 Å². The number of carbonyl (C=O) groups excluding carboxylic acids is 1. The van der Waals surface area contributed by atoms with Crippen molar-refractivity contribution >= 4 is 5.91 Å². The molecule has 1 amide bonds. The Labute approximate surface area is 129 Å². The lowest BCUT2D eigenvalue weighted by Crippen LogP contribution is -2.32. The predicted octanol–water partition coefficient (Wildman–Crippen LogP) is 2.17. The highest BCUT2D eigenvalue weighted by molar-refractivity contribution is 5.77. The molecule has 0 spiro atoms. The summed E-state index contributed by atoms with van der Waals surface area (Å²) in [5.41, 5.74) is 0. The molecular formula is C16H19NO5. The van der Waals surface area contributed by atoms with Gasteiger partial charge in [-0.3, -0.25) is 4.79 Å². The van der Waals surface area contributed by atoms with E-state index >= 15 is 0 Å². The lowest BCUT2D eigenvalue weighted by molar-refractivity contribution is -0.123. The third-order valence-corrected chi connectivity index (χ3v) is 3.06. The van der Waals surface area contributed by atoms with Gasteiger partial charge in [-0.2, -0.15) is 0 Å². The van der Waals surface area contributed by atoms with Gasteiger partial charge in [0, 0.05) is 7.11 Å². The van der Waals surface area contributed by atoms with E-state index in [-0.39, 0.29) is 18.6 Å². The van der Waals surface area contributed by atoms with Gasteiger partial charge < -0.3 is 23.9 Å². The van der Waals surface area contributed by atoms with Gasteiger partial charge >= 0.3 is 0 Å². The number of ether oxygens (including phenoxy) is 3. The Morgan fingerprint density at radius 3 is 2.59 bits per heavy atom. The van der Waals surface area contributed by atoms with Gasteiger partial charge in [-0.1, -0.05) is 12.1 Å². The number of para-hydroxylation sites is 2. The number of carbonyl (C=O) groups is 1. The minimum Gasteiger partial charge on any atom is -0.493 e. The van der Waals surface area contributed by atoms with Crippen LogP contribution in [0.25, 0.3) is 0 Å². The standard InChI is InChI=1S/C16H19NO5/c1-19-12-6-3-4-7-13(12)22-11-16(18)17-10-15(20-2)14-8-5-9-21-14/h3-9,15H,10-11H2,1-2H3,(H,17,18). The minimum atomic E-state index is -0.329. The molecule has 0 radical (unpaired) electrons. The monoisotopic (exact) mass is 305 g/mol. The zero-order chi connectivity index (χ0) is 15.8. The van der Waals surface area contributed by atoms with E-state index in [1.165, 1.54) is 0 Å². The van der Waals surface area contributed by atoms with Crippen molar-refractivity contribution in [2.45, 2.75) is 6.10 Å². The minimum absolute atomic E-state index is 0.102. The fraction of sp³-hybridized carbons (Fsp3) is 0.312. The number of hydrogen-bond donors (Lipinski definition) is 1. The molecule has 118 valence electrons. The van der Waals surface area contributed by atoms with Gasteiger partial charge in [-0.05, 0) is 24.3 Å². The second-order valence-electron chi connectivity index (χ2n) is 4.48. The molecule has 0 aliphatic carbocycles. The molecule has 0 aliphatic heterocycles. The fourth-order valence-electron chi connectivity index (χ4n) is 1.91. The summed E-state index contributed by atoms with van der Waals surface area (Å²) in [6, 6.07) is 10.7. The molecule has 0 saturated carbocycles. The molecule has 0 bridgehead atoms. The van der Waals surface area contributed by atoms with Crippen LogP contribution in [0.3, 0.4) is 0 Å². The first-order chi connectivity index (χ1) is 10.7. The summed E-state index contributed by atoms with van der Waals surface area (Å²) in [6.07, 6.45) is 1.23. The number of amides is 1. The first kappa shape index (κ1) is 15.9. The molecule has 2 rings (SSSR count). The van der Waals surface area contributed by atoms with Gasteiger partial charge in [0.15, 0.2) is 18.1 Å².